The maximum Gasteiger partial charge on any atom is 0.276 e. The summed E-state index contributed by atoms with van der Waals surface area (Å²) >= 11 is 0. The van der Waals surface area contributed by atoms with E-state index in [1.54, 1.807) is 6.20 Å². The van der Waals surface area contributed by atoms with E-state index >= 15 is 0 Å². The summed E-state index contributed by atoms with van der Waals surface area (Å²) < 4.78 is 5.69. The number of aromatic amines is 1. The van der Waals surface area contributed by atoms with Gasteiger partial charge in [-0.2, -0.15) is 0 Å². The number of fused-ring (bicyclic) bond motifs is 1. The van der Waals surface area contributed by atoms with Crippen molar-refractivity contribution < 1.29 is 14.3 Å². The average molecular weight is 399 g/mol. The van der Waals surface area contributed by atoms with Crippen LogP contribution in [-0.2, 0) is 11.2 Å². The molecule has 1 aromatic heterocycles. The van der Waals surface area contributed by atoms with Crippen molar-refractivity contribution in [3.8, 4) is 5.75 Å². The molecule has 150 valence electrons. The highest BCUT2D eigenvalue weighted by molar-refractivity contribution is 6.07. The van der Waals surface area contributed by atoms with Gasteiger partial charge < -0.3 is 9.72 Å². The molecule has 4 rings (SSSR count). The van der Waals surface area contributed by atoms with Gasteiger partial charge in [0.25, 0.3) is 11.8 Å². The first-order valence-electron chi connectivity index (χ1n) is 9.60. The number of aromatic nitrogens is 1. The minimum atomic E-state index is -0.447. The number of hydrogen-bond acceptors (Lipinski definition) is 3. The highest BCUT2D eigenvalue weighted by Crippen LogP contribution is 2.21. The third kappa shape index (κ3) is 4.50. The van der Waals surface area contributed by atoms with Crippen molar-refractivity contribution in [2.45, 2.75) is 6.42 Å². The van der Waals surface area contributed by atoms with Crippen LogP contribution in [0.5, 0.6) is 5.75 Å². The molecule has 2 amide bonds. The highest BCUT2D eigenvalue weighted by Gasteiger charge is 2.13. The minimum absolute atomic E-state index is 0.208. The second-order valence-electron chi connectivity index (χ2n) is 6.81. The van der Waals surface area contributed by atoms with Gasteiger partial charge in [-0.05, 0) is 23.3 Å². The molecule has 0 aliphatic rings. The van der Waals surface area contributed by atoms with Gasteiger partial charge >= 0.3 is 0 Å². The topological polar surface area (TPSA) is 83.2 Å². The fourth-order valence-electron chi connectivity index (χ4n) is 3.24. The zero-order valence-corrected chi connectivity index (χ0v) is 16.2. The Morgan fingerprint density at radius 2 is 1.57 bits per heavy atom. The Kier molecular flexibility index (Phi) is 5.75. The molecule has 0 unspecified atom stereocenters. The van der Waals surface area contributed by atoms with Crippen LogP contribution in [0.25, 0.3) is 10.9 Å². The van der Waals surface area contributed by atoms with Crippen LogP contribution in [-0.4, -0.2) is 23.4 Å². The van der Waals surface area contributed by atoms with E-state index in [9.17, 15) is 9.59 Å². The van der Waals surface area contributed by atoms with Crippen molar-refractivity contribution in [3.05, 3.63) is 102 Å². The molecule has 0 radical (unpaired) electrons. The molecular weight excluding hydrogens is 378 g/mol. The van der Waals surface area contributed by atoms with E-state index in [1.807, 2.05) is 78.9 Å². The first-order chi connectivity index (χ1) is 14.7. The Morgan fingerprint density at radius 3 is 2.43 bits per heavy atom. The molecule has 0 aliphatic heterocycles. The van der Waals surface area contributed by atoms with Crippen LogP contribution in [0, 0.1) is 0 Å². The molecule has 0 atom stereocenters. The quantitative estimate of drug-likeness (QED) is 0.433. The summed E-state index contributed by atoms with van der Waals surface area (Å²) in [6.45, 7) is -0.208. The second-order valence-corrected chi connectivity index (χ2v) is 6.81. The molecule has 3 N–H and O–H groups in total. The van der Waals surface area contributed by atoms with Gasteiger partial charge in [0.15, 0.2) is 6.61 Å². The van der Waals surface area contributed by atoms with Crippen molar-refractivity contribution >= 4 is 22.7 Å². The molecule has 0 spiro atoms. The number of ether oxygens (including phenoxy) is 1. The Labute approximate surface area is 173 Å². The van der Waals surface area contributed by atoms with Gasteiger partial charge in [-0.3, -0.25) is 20.4 Å². The standard InChI is InChI=1S/C24H21N3O3/c28-23(26-27-24(29)20-15-25-21-12-6-5-11-19(20)21)16-30-22-13-7-4-10-18(22)14-17-8-2-1-3-9-17/h1-13,15,25H,14,16H2,(H,26,28)(H,27,29). The second kappa shape index (κ2) is 8.96. The van der Waals surface area contributed by atoms with Gasteiger partial charge in [0.2, 0.25) is 0 Å². The normalized spacial score (nSPS) is 10.5. The number of hydrogen-bond donors (Lipinski definition) is 3. The van der Waals surface area contributed by atoms with E-state index in [4.69, 9.17) is 4.74 Å². The molecule has 0 aliphatic carbocycles. The Balaban J connectivity index is 1.33. The van der Waals surface area contributed by atoms with Crippen LogP contribution in [0.4, 0.5) is 0 Å². The van der Waals surface area contributed by atoms with Crippen LogP contribution < -0.4 is 15.6 Å². The average Bonchev–Trinajstić information content (AvgIpc) is 3.22. The lowest BCUT2D eigenvalue weighted by Gasteiger charge is -2.12. The number of carbonyl (C=O) groups excluding carboxylic acids is 2. The van der Waals surface area contributed by atoms with Crippen LogP contribution in [0.1, 0.15) is 21.5 Å². The Morgan fingerprint density at radius 1 is 0.833 bits per heavy atom. The SMILES string of the molecule is O=C(COc1ccccc1Cc1ccccc1)NNC(=O)c1c[nH]c2ccccc12. The van der Waals surface area contributed by atoms with Gasteiger partial charge in [-0.1, -0.05) is 66.7 Å². The number of hydrazine groups is 1. The minimum Gasteiger partial charge on any atom is -0.483 e. The van der Waals surface area contributed by atoms with Gasteiger partial charge in [0.05, 0.1) is 5.56 Å². The monoisotopic (exact) mass is 399 g/mol. The maximum absolute atomic E-state index is 12.4. The van der Waals surface area contributed by atoms with Crippen LogP contribution in [0.2, 0.25) is 0 Å². The number of carbonyl (C=O) groups is 2. The number of nitrogens with one attached hydrogen (secondary N) is 3. The molecule has 0 fully saturated rings. The largest absolute Gasteiger partial charge is 0.483 e. The smallest absolute Gasteiger partial charge is 0.276 e. The number of H-pyrrole nitrogens is 1. The number of para-hydroxylation sites is 2. The lowest BCUT2D eigenvalue weighted by atomic mass is 10.0. The Hall–Kier alpha value is -4.06. The molecule has 30 heavy (non-hydrogen) atoms. The summed E-state index contributed by atoms with van der Waals surface area (Å²) in [4.78, 5) is 27.6. The van der Waals surface area contributed by atoms with Crippen molar-refractivity contribution in [1.29, 1.82) is 0 Å². The van der Waals surface area contributed by atoms with Crippen molar-refractivity contribution in [1.82, 2.24) is 15.8 Å². The third-order valence-electron chi connectivity index (χ3n) is 4.72. The lowest BCUT2D eigenvalue weighted by molar-refractivity contribution is -0.123. The van der Waals surface area contributed by atoms with E-state index in [2.05, 4.69) is 15.8 Å². The van der Waals surface area contributed by atoms with Gasteiger partial charge in [0.1, 0.15) is 5.75 Å². The highest BCUT2D eigenvalue weighted by atomic mass is 16.5. The molecular formula is C24H21N3O3. The van der Waals surface area contributed by atoms with E-state index in [1.165, 1.54) is 0 Å². The predicted octanol–water partition coefficient (Wildman–Crippen LogP) is 3.60. The van der Waals surface area contributed by atoms with Crippen molar-refractivity contribution in [2.75, 3.05) is 6.61 Å². The van der Waals surface area contributed by atoms with Gasteiger partial charge in [-0.15, -0.1) is 0 Å². The summed E-state index contributed by atoms with van der Waals surface area (Å²) in [6.07, 6.45) is 2.32. The fourth-order valence-corrected chi connectivity index (χ4v) is 3.24. The third-order valence-corrected chi connectivity index (χ3v) is 4.72. The first kappa shape index (κ1) is 19.3. The summed E-state index contributed by atoms with van der Waals surface area (Å²) in [7, 11) is 0. The molecule has 4 aromatic rings. The number of benzene rings is 3. The predicted molar refractivity (Wildman–Crippen MR) is 115 cm³/mol. The Bertz CT molecular complexity index is 1170. The molecule has 0 saturated heterocycles. The van der Waals surface area contributed by atoms with Crippen LogP contribution >= 0.6 is 0 Å². The summed E-state index contributed by atoms with van der Waals surface area (Å²) in [5, 5.41) is 0.787. The maximum atomic E-state index is 12.4. The van der Waals surface area contributed by atoms with E-state index in [0.29, 0.717) is 17.7 Å². The number of rotatable bonds is 6. The summed E-state index contributed by atoms with van der Waals surface area (Å²) in [6, 6.07) is 25.1. The summed E-state index contributed by atoms with van der Waals surface area (Å²) in [5.41, 5.74) is 8.28. The van der Waals surface area contributed by atoms with E-state index < -0.39 is 11.8 Å². The molecule has 0 saturated carbocycles. The van der Waals surface area contributed by atoms with Crippen molar-refractivity contribution in [2.24, 2.45) is 0 Å². The van der Waals surface area contributed by atoms with Gasteiger partial charge in [0, 0.05) is 23.5 Å². The van der Waals surface area contributed by atoms with E-state index in [-0.39, 0.29) is 6.61 Å². The molecule has 3 aromatic carbocycles. The van der Waals surface area contributed by atoms with Crippen LogP contribution in [0.3, 0.4) is 0 Å². The molecule has 6 heteroatoms. The van der Waals surface area contributed by atoms with Crippen LogP contribution in [0.15, 0.2) is 85.1 Å². The summed E-state index contributed by atoms with van der Waals surface area (Å²) in [5.74, 6) is -0.206. The first-order valence-corrected chi connectivity index (χ1v) is 9.60. The van der Waals surface area contributed by atoms with E-state index in [0.717, 1.165) is 22.0 Å². The fraction of sp³-hybridized carbons (Fsp3) is 0.0833. The lowest BCUT2D eigenvalue weighted by Crippen LogP contribution is -2.43. The molecule has 0 bridgehead atoms. The van der Waals surface area contributed by atoms with Gasteiger partial charge in [-0.25, -0.2) is 0 Å². The zero-order valence-electron chi connectivity index (χ0n) is 16.2. The molecule has 1 heterocycles. The number of amides is 2. The molecule has 6 nitrogen and oxygen atoms in total. The van der Waals surface area contributed by atoms with Crippen molar-refractivity contribution in [3.63, 3.8) is 0 Å². The zero-order chi connectivity index (χ0) is 20.8.